The van der Waals surface area contributed by atoms with Gasteiger partial charge >= 0.3 is 0 Å². The van der Waals surface area contributed by atoms with Crippen LogP contribution in [0.1, 0.15) is 6.92 Å². The number of nitrogens with zero attached hydrogens (tertiary/aromatic N) is 5. The van der Waals surface area contributed by atoms with E-state index < -0.39 is 0 Å². The van der Waals surface area contributed by atoms with Crippen molar-refractivity contribution in [2.75, 3.05) is 31.1 Å². The van der Waals surface area contributed by atoms with E-state index >= 15 is 0 Å². The van der Waals surface area contributed by atoms with Crippen LogP contribution in [0.2, 0.25) is 0 Å². The molecule has 17 heavy (non-hydrogen) atoms. The van der Waals surface area contributed by atoms with Crippen molar-refractivity contribution in [3.63, 3.8) is 0 Å². The van der Waals surface area contributed by atoms with Crippen LogP contribution in [0.5, 0.6) is 0 Å². The Balaban J connectivity index is 2.18. The van der Waals surface area contributed by atoms with Gasteiger partial charge in [0.1, 0.15) is 6.04 Å². The Morgan fingerprint density at radius 1 is 1.65 bits per heavy atom. The first-order chi connectivity index (χ1) is 8.24. The van der Waals surface area contributed by atoms with Crippen molar-refractivity contribution < 1.29 is 4.79 Å². The summed E-state index contributed by atoms with van der Waals surface area (Å²) in [5.41, 5.74) is 0. The maximum atomic E-state index is 11.9. The molecule has 2 heterocycles. The second-order valence-corrected chi connectivity index (χ2v) is 3.91. The fourth-order valence-corrected chi connectivity index (χ4v) is 1.94. The van der Waals surface area contributed by atoms with Crippen molar-refractivity contribution >= 4 is 11.9 Å². The second kappa shape index (κ2) is 5.09. The lowest BCUT2D eigenvalue weighted by Gasteiger charge is -2.34. The van der Waals surface area contributed by atoms with Gasteiger partial charge < -0.3 is 15.5 Å². The van der Waals surface area contributed by atoms with E-state index in [0.717, 1.165) is 13.1 Å². The van der Waals surface area contributed by atoms with Crippen molar-refractivity contribution in [2.45, 2.75) is 13.0 Å². The number of hydrogen-bond acceptors (Lipinski definition) is 6. The van der Waals surface area contributed by atoms with E-state index in [4.69, 9.17) is 0 Å². The molecule has 94 valence electrons. The van der Waals surface area contributed by atoms with Crippen LogP contribution in [-0.2, 0) is 11.8 Å². The number of piperazine rings is 1. The van der Waals surface area contributed by atoms with Gasteiger partial charge in [-0.15, -0.1) is 0 Å². The van der Waals surface area contributed by atoms with Crippen molar-refractivity contribution in [2.24, 2.45) is 7.05 Å². The lowest BCUT2D eigenvalue weighted by molar-refractivity contribution is -0.122. The Morgan fingerprint density at radius 3 is 3.12 bits per heavy atom. The highest BCUT2D eigenvalue weighted by Crippen LogP contribution is 2.13. The first kappa shape index (κ1) is 11.8. The van der Waals surface area contributed by atoms with Crippen molar-refractivity contribution in [3.8, 4) is 0 Å². The largest absolute Gasteiger partial charge is 0.355 e. The van der Waals surface area contributed by atoms with Crippen LogP contribution < -0.4 is 15.5 Å². The standard InChI is InChI=1S/C9H17N7O/c1-3-11-8(17)7-6-10-4-5-16(7)9-12-13-14-15(9)2/h7,10H,3-6H2,1-2H3,(H,11,17). The average molecular weight is 239 g/mol. The molecule has 0 aliphatic carbocycles. The van der Waals surface area contributed by atoms with Gasteiger partial charge in [-0.1, -0.05) is 5.10 Å². The summed E-state index contributed by atoms with van der Waals surface area (Å²) in [6, 6.07) is -0.256. The minimum Gasteiger partial charge on any atom is -0.355 e. The van der Waals surface area contributed by atoms with E-state index in [-0.39, 0.29) is 11.9 Å². The maximum absolute atomic E-state index is 11.9. The number of nitrogens with one attached hydrogen (secondary N) is 2. The molecule has 0 spiro atoms. The number of carbonyl (C=O) groups is 1. The lowest BCUT2D eigenvalue weighted by Crippen LogP contribution is -2.58. The summed E-state index contributed by atoms with van der Waals surface area (Å²) in [7, 11) is 1.77. The fraction of sp³-hybridized carbons (Fsp3) is 0.778. The normalized spacial score (nSPS) is 20.4. The highest BCUT2D eigenvalue weighted by atomic mass is 16.2. The summed E-state index contributed by atoms with van der Waals surface area (Å²) in [4.78, 5) is 13.9. The summed E-state index contributed by atoms with van der Waals surface area (Å²) in [6.45, 7) is 4.68. The maximum Gasteiger partial charge on any atom is 0.246 e. The number of carbonyl (C=O) groups excluding carboxylic acids is 1. The molecule has 1 fully saturated rings. The van der Waals surface area contributed by atoms with Gasteiger partial charge in [-0.2, -0.15) is 0 Å². The van der Waals surface area contributed by atoms with Gasteiger partial charge in [0.2, 0.25) is 11.9 Å². The molecule has 0 aromatic carbocycles. The van der Waals surface area contributed by atoms with Gasteiger partial charge in [0.15, 0.2) is 0 Å². The molecule has 8 nitrogen and oxygen atoms in total. The summed E-state index contributed by atoms with van der Waals surface area (Å²) < 4.78 is 1.58. The number of tetrazole rings is 1. The van der Waals surface area contributed by atoms with Crippen LogP contribution in [0.25, 0.3) is 0 Å². The van der Waals surface area contributed by atoms with Gasteiger partial charge in [0.25, 0.3) is 0 Å². The Kier molecular flexibility index (Phi) is 3.52. The third-order valence-electron chi connectivity index (χ3n) is 2.75. The van der Waals surface area contributed by atoms with E-state index in [2.05, 4.69) is 26.2 Å². The van der Waals surface area contributed by atoms with E-state index in [9.17, 15) is 4.79 Å². The quantitative estimate of drug-likeness (QED) is 0.642. The Labute approximate surface area is 99.3 Å². The first-order valence-corrected chi connectivity index (χ1v) is 5.71. The summed E-state index contributed by atoms with van der Waals surface area (Å²) in [5.74, 6) is 0.630. The van der Waals surface area contributed by atoms with E-state index in [1.807, 2.05) is 11.8 Å². The molecule has 1 atom stereocenters. The molecule has 8 heteroatoms. The number of aryl methyl sites for hydroxylation is 1. The van der Waals surface area contributed by atoms with Gasteiger partial charge in [-0.25, -0.2) is 4.68 Å². The minimum atomic E-state index is -0.256. The minimum absolute atomic E-state index is 0.00250. The Morgan fingerprint density at radius 2 is 2.47 bits per heavy atom. The lowest BCUT2D eigenvalue weighted by atomic mass is 10.2. The van der Waals surface area contributed by atoms with Crippen LogP contribution in [0, 0.1) is 0 Å². The zero-order valence-electron chi connectivity index (χ0n) is 10.1. The van der Waals surface area contributed by atoms with Crippen LogP contribution in [0.3, 0.4) is 0 Å². The molecule has 1 aliphatic heterocycles. The molecule has 1 aliphatic rings. The molecule has 1 saturated heterocycles. The van der Waals surface area contributed by atoms with Crippen molar-refractivity contribution in [1.29, 1.82) is 0 Å². The summed E-state index contributed by atoms with van der Waals surface area (Å²) >= 11 is 0. The molecule has 2 rings (SSSR count). The van der Waals surface area contributed by atoms with Crippen molar-refractivity contribution in [1.82, 2.24) is 30.8 Å². The van der Waals surface area contributed by atoms with Crippen LogP contribution in [0.4, 0.5) is 5.95 Å². The molecular weight excluding hydrogens is 222 g/mol. The smallest absolute Gasteiger partial charge is 0.246 e. The van der Waals surface area contributed by atoms with Gasteiger partial charge in [-0.05, 0) is 17.4 Å². The number of hydrogen-bond donors (Lipinski definition) is 2. The molecule has 0 bridgehead atoms. The van der Waals surface area contributed by atoms with Crippen LogP contribution in [-0.4, -0.2) is 58.3 Å². The number of aromatic nitrogens is 4. The average Bonchev–Trinajstić information content (AvgIpc) is 2.76. The molecule has 1 aromatic rings. The molecule has 1 aromatic heterocycles. The van der Waals surface area contributed by atoms with E-state index in [0.29, 0.717) is 19.0 Å². The zero-order chi connectivity index (χ0) is 12.3. The number of rotatable bonds is 3. The van der Waals surface area contributed by atoms with Crippen molar-refractivity contribution in [3.05, 3.63) is 0 Å². The SMILES string of the molecule is CCNC(=O)C1CNCCN1c1nnnn1C. The molecular formula is C9H17N7O. The fourth-order valence-electron chi connectivity index (χ4n) is 1.94. The summed E-state index contributed by atoms with van der Waals surface area (Å²) in [6.07, 6.45) is 0. The Hall–Kier alpha value is -1.70. The van der Waals surface area contributed by atoms with Gasteiger partial charge in [0, 0.05) is 33.2 Å². The highest BCUT2D eigenvalue weighted by molar-refractivity contribution is 5.85. The Bertz CT molecular complexity index is 390. The molecule has 1 amide bonds. The molecule has 0 radical (unpaired) electrons. The van der Waals surface area contributed by atoms with Crippen LogP contribution in [0.15, 0.2) is 0 Å². The third-order valence-corrected chi connectivity index (χ3v) is 2.75. The molecule has 0 saturated carbocycles. The molecule has 2 N–H and O–H groups in total. The second-order valence-electron chi connectivity index (χ2n) is 3.91. The first-order valence-electron chi connectivity index (χ1n) is 5.71. The number of likely N-dealkylation sites (N-methyl/N-ethyl adjacent to an activating group) is 1. The van der Waals surface area contributed by atoms with E-state index in [1.165, 1.54) is 0 Å². The highest BCUT2D eigenvalue weighted by Gasteiger charge is 2.31. The molecule has 1 unspecified atom stereocenters. The van der Waals surface area contributed by atoms with E-state index in [1.54, 1.807) is 11.7 Å². The summed E-state index contributed by atoms with van der Waals surface area (Å²) in [5, 5.41) is 17.4. The van der Waals surface area contributed by atoms with Gasteiger partial charge in [-0.3, -0.25) is 4.79 Å². The topological polar surface area (TPSA) is 88.0 Å². The predicted octanol–water partition coefficient (Wildman–Crippen LogP) is -1.88. The van der Waals surface area contributed by atoms with Crippen LogP contribution >= 0.6 is 0 Å². The van der Waals surface area contributed by atoms with Gasteiger partial charge in [0.05, 0.1) is 0 Å². The predicted molar refractivity (Wildman–Crippen MR) is 61.5 cm³/mol. The zero-order valence-corrected chi connectivity index (χ0v) is 10.1. The number of anilines is 1. The monoisotopic (exact) mass is 239 g/mol. The number of amides is 1. The third kappa shape index (κ3) is 2.36.